The van der Waals surface area contributed by atoms with Crippen LogP contribution in [0.15, 0.2) is 47.9 Å². The van der Waals surface area contributed by atoms with E-state index in [1.807, 2.05) is 17.5 Å². The van der Waals surface area contributed by atoms with Crippen molar-refractivity contribution in [3.05, 3.63) is 58.3 Å². The standard InChI is InChI=1S/C16H14N2O3S2/c1-21-15(20)11-4-6-12(7-5-11)17-16(22)18-14(19)9-8-13-3-2-10-23-13/h2-10H,1H3,(H2,17,18,19,22). The number of thiocarbonyl (C=S) groups is 1. The van der Waals surface area contributed by atoms with Gasteiger partial charge in [-0.3, -0.25) is 10.1 Å². The molecule has 118 valence electrons. The molecule has 0 radical (unpaired) electrons. The molecule has 2 N–H and O–H groups in total. The van der Waals surface area contributed by atoms with E-state index < -0.39 is 5.97 Å². The minimum atomic E-state index is -0.411. The molecule has 0 saturated heterocycles. The Kier molecular flexibility index (Phi) is 6.02. The summed E-state index contributed by atoms with van der Waals surface area (Å²) in [5.74, 6) is -0.728. The van der Waals surface area contributed by atoms with E-state index in [-0.39, 0.29) is 11.0 Å². The molecule has 0 aliphatic carbocycles. The lowest BCUT2D eigenvalue weighted by molar-refractivity contribution is -0.115. The number of ether oxygens (including phenoxy) is 1. The quantitative estimate of drug-likeness (QED) is 0.506. The van der Waals surface area contributed by atoms with Crippen LogP contribution in [0.25, 0.3) is 6.08 Å². The first-order valence-electron chi connectivity index (χ1n) is 6.60. The molecule has 1 amide bonds. The van der Waals surface area contributed by atoms with E-state index in [1.165, 1.54) is 24.5 Å². The lowest BCUT2D eigenvalue weighted by Crippen LogP contribution is -2.32. The number of esters is 1. The van der Waals surface area contributed by atoms with Gasteiger partial charge in [0.15, 0.2) is 5.11 Å². The molecule has 1 heterocycles. The third-order valence-electron chi connectivity index (χ3n) is 2.74. The highest BCUT2D eigenvalue weighted by molar-refractivity contribution is 7.80. The number of amides is 1. The number of benzene rings is 1. The van der Waals surface area contributed by atoms with Crippen molar-refractivity contribution in [1.29, 1.82) is 0 Å². The zero-order chi connectivity index (χ0) is 16.7. The van der Waals surface area contributed by atoms with Gasteiger partial charge in [0.25, 0.3) is 0 Å². The molecule has 0 aliphatic heterocycles. The number of hydrogen-bond acceptors (Lipinski definition) is 5. The monoisotopic (exact) mass is 346 g/mol. The van der Waals surface area contributed by atoms with E-state index in [2.05, 4.69) is 15.4 Å². The first-order chi connectivity index (χ1) is 11.1. The normalized spacial score (nSPS) is 10.3. The second-order valence-corrected chi connectivity index (χ2v) is 5.75. The van der Waals surface area contributed by atoms with E-state index in [9.17, 15) is 9.59 Å². The third kappa shape index (κ3) is 5.32. The fourth-order valence-electron chi connectivity index (χ4n) is 1.67. The SMILES string of the molecule is COC(=O)c1ccc(NC(=S)NC(=O)C=Cc2cccs2)cc1. The van der Waals surface area contributed by atoms with Crippen molar-refractivity contribution in [3.8, 4) is 0 Å². The van der Waals surface area contributed by atoms with Crippen LogP contribution in [-0.4, -0.2) is 24.1 Å². The average Bonchev–Trinajstić information content (AvgIpc) is 3.06. The zero-order valence-electron chi connectivity index (χ0n) is 12.2. The van der Waals surface area contributed by atoms with Gasteiger partial charge < -0.3 is 10.1 Å². The molecule has 5 nitrogen and oxygen atoms in total. The molecule has 0 aliphatic rings. The van der Waals surface area contributed by atoms with Crippen LogP contribution in [0.1, 0.15) is 15.2 Å². The number of hydrogen-bond donors (Lipinski definition) is 2. The molecule has 1 aromatic carbocycles. The van der Waals surface area contributed by atoms with Gasteiger partial charge in [-0.1, -0.05) is 6.07 Å². The topological polar surface area (TPSA) is 67.4 Å². The van der Waals surface area contributed by atoms with Gasteiger partial charge in [0.05, 0.1) is 12.7 Å². The minimum absolute atomic E-state index is 0.177. The molecule has 7 heteroatoms. The molecule has 0 spiro atoms. The first kappa shape index (κ1) is 16.9. The van der Waals surface area contributed by atoms with Crippen LogP contribution >= 0.6 is 23.6 Å². The van der Waals surface area contributed by atoms with Crippen LogP contribution in [0.3, 0.4) is 0 Å². The van der Waals surface area contributed by atoms with E-state index in [1.54, 1.807) is 30.3 Å². The predicted molar refractivity (Wildman–Crippen MR) is 95.5 cm³/mol. The van der Waals surface area contributed by atoms with Crippen molar-refractivity contribution >= 4 is 52.3 Å². The zero-order valence-corrected chi connectivity index (χ0v) is 13.9. The number of carbonyl (C=O) groups is 2. The number of rotatable bonds is 4. The van der Waals surface area contributed by atoms with Crippen molar-refractivity contribution in [2.45, 2.75) is 0 Å². The molecule has 1 aromatic heterocycles. The smallest absolute Gasteiger partial charge is 0.337 e. The van der Waals surface area contributed by atoms with Gasteiger partial charge in [0.1, 0.15) is 0 Å². The summed E-state index contributed by atoms with van der Waals surface area (Å²) >= 11 is 6.61. The Morgan fingerprint density at radius 2 is 1.96 bits per heavy atom. The largest absolute Gasteiger partial charge is 0.465 e. The summed E-state index contributed by atoms with van der Waals surface area (Å²) < 4.78 is 4.62. The lowest BCUT2D eigenvalue weighted by Gasteiger charge is -2.08. The lowest BCUT2D eigenvalue weighted by atomic mass is 10.2. The Hall–Kier alpha value is -2.51. The highest BCUT2D eigenvalue weighted by Crippen LogP contribution is 2.11. The number of anilines is 1. The van der Waals surface area contributed by atoms with Crippen LogP contribution in [-0.2, 0) is 9.53 Å². The van der Waals surface area contributed by atoms with Gasteiger partial charge in [-0.05, 0) is 54.0 Å². The van der Waals surface area contributed by atoms with Gasteiger partial charge in [-0.2, -0.15) is 0 Å². The van der Waals surface area contributed by atoms with Crippen molar-refractivity contribution < 1.29 is 14.3 Å². The van der Waals surface area contributed by atoms with Crippen LogP contribution < -0.4 is 10.6 Å². The fraction of sp³-hybridized carbons (Fsp3) is 0.0625. The van der Waals surface area contributed by atoms with Crippen LogP contribution in [0, 0.1) is 0 Å². The Balaban J connectivity index is 1.86. The molecule has 0 fully saturated rings. The van der Waals surface area contributed by atoms with Gasteiger partial charge in [0.2, 0.25) is 5.91 Å². The van der Waals surface area contributed by atoms with Gasteiger partial charge >= 0.3 is 5.97 Å². The number of carbonyl (C=O) groups excluding carboxylic acids is 2. The van der Waals surface area contributed by atoms with Crippen molar-refractivity contribution in [2.75, 3.05) is 12.4 Å². The van der Waals surface area contributed by atoms with Crippen LogP contribution in [0.4, 0.5) is 5.69 Å². The van der Waals surface area contributed by atoms with E-state index >= 15 is 0 Å². The highest BCUT2D eigenvalue weighted by atomic mass is 32.1. The minimum Gasteiger partial charge on any atom is -0.465 e. The molecular weight excluding hydrogens is 332 g/mol. The third-order valence-corrected chi connectivity index (χ3v) is 3.78. The van der Waals surface area contributed by atoms with E-state index in [4.69, 9.17) is 12.2 Å². The van der Waals surface area contributed by atoms with Crippen LogP contribution in [0.2, 0.25) is 0 Å². The average molecular weight is 346 g/mol. The van der Waals surface area contributed by atoms with Crippen molar-refractivity contribution in [3.63, 3.8) is 0 Å². The molecule has 0 saturated carbocycles. The second-order valence-electron chi connectivity index (χ2n) is 4.36. The Morgan fingerprint density at radius 1 is 1.22 bits per heavy atom. The number of thiophene rings is 1. The maximum Gasteiger partial charge on any atom is 0.337 e. The summed E-state index contributed by atoms with van der Waals surface area (Å²) in [6.45, 7) is 0. The molecule has 0 atom stereocenters. The Bertz CT molecular complexity index is 722. The van der Waals surface area contributed by atoms with Crippen molar-refractivity contribution in [1.82, 2.24) is 5.32 Å². The summed E-state index contributed by atoms with van der Waals surface area (Å²) in [7, 11) is 1.32. The Labute approximate surface area is 143 Å². The van der Waals surface area contributed by atoms with E-state index in [0.717, 1.165) is 4.88 Å². The number of nitrogens with one attached hydrogen (secondary N) is 2. The molecule has 2 aromatic rings. The maximum atomic E-state index is 11.7. The van der Waals surface area contributed by atoms with Gasteiger partial charge in [0, 0.05) is 16.6 Å². The highest BCUT2D eigenvalue weighted by Gasteiger charge is 2.05. The molecule has 2 rings (SSSR count). The first-order valence-corrected chi connectivity index (χ1v) is 7.89. The molecule has 0 bridgehead atoms. The molecular formula is C16H14N2O3S2. The fourth-order valence-corrected chi connectivity index (χ4v) is 2.50. The Morgan fingerprint density at radius 3 is 2.57 bits per heavy atom. The van der Waals surface area contributed by atoms with Crippen LogP contribution in [0.5, 0.6) is 0 Å². The predicted octanol–water partition coefficient (Wildman–Crippen LogP) is 3.06. The second kappa shape index (κ2) is 8.21. The summed E-state index contributed by atoms with van der Waals surface area (Å²) in [5, 5.41) is 7.52. The summed E-state index contributed by atoms with van der Waals surface area (Å²) in [4.78, 5) is 24.1. The van der Waals surface area contributed by atoms with E-state index in [0.29, 0.717) is 11.3 Å². The summed E-state index contributed by atoms with van der Waals surface area (Å²) in [5.41, 5.74) is 1.09. The summed E-state index contributed by atoms with van der Waals surface area (Å²) in [6, 6.07) is 10.4. The number of methoxy groups -OCH3 is 1. The van der Waals surface area contributed by atoms with Gasteiger partial charge in [-0.25, -0.2) is 4.79 Å². The maximum absolute atomic E-state index is 11.7. The molecule has 0 unspecified atom stereocenters. The molecule has 23 heavy (non-hydrogen) atoms. The van der Waals surface area contributed by atoms with Crippen molar-refractivity contribution in [2.24, 2.45) is 0 Å². The van der Waals surface area contributed by atoms with Gasteiger partial charge in [-0.15, -0.1) is 11.3 Å². The summed E-state index contributed by atoms with van der Waals surface area (Å²) in [6.07, 6.45) is 3.13.